The van der Waals surface area contributed by atoms with Crippen LogP contribution in [0.1, 0.15) is 16.5 Å². The number of hydrogen-bond acceptors (Lipinski definition) is 3. The zero-order chi connectivity index (χ0) is 16.4. The molecule has 1 saturated heterocycles. The predicted molar refractivity (Wildman–Crippen MR) is 85.1 cm³/mol. The van der Waals surface area contributed by atoms with E-state index in [0.29, 0.717) is 5.75 Å². The van der Waals surface area contributed by atoms with E-state index in [-0.39, 0.29) is 29.1 Å². The van der Waals surface area contributed by atoms with Gasteiger partial charge < -0.3 is 9.64 Å². The molecule has 23 heavy (non-hydrogen) atoms. The topological polar surface area (TPSA) is 29.5 Å². The average molecular weight is 335 g/mol. The van der Waals surface area contributed by atoms with Gasteiger partial charge in [-0.05, 0) is 18.2 Å². The number of halogens is 2. The summed E-state index contributed by atoms with van der Waals surface area (Å²) in [6.07, 6.45) is 0. The van der Waals surface area contributed by atoms with E-state index in [9.17, 15) is 13.6 Å². The van der Waals surface area contributed by atoms with Crippen LogP contribution in [-0.2, 0) is 11.3 Å². The molecule has 6 heteroatoms. The van der Waals surface area contributed by atoms with Crippen LogP contribution in [0.3, 0.4) is 0 Å². The Labute approximate surface area is 137 Å². The summed E-state index contributed by atoms with van der Waals surface area (Å²) in [4.78, 5) is 13.7. The highest BCUT2D eigenvalue weighted by molar-refractivity contribution is 8.00. The third-order valence-electron chi connectivity index (χ3n) is 3.76. The van der Waals surface area contributed by atoms with E-state index in [4.69, 9.17) is 4.74 Å². The molecule has 1 unspecified atom stereocenters. The Morgan fingerprint density at radius 3 is 2.57 bits per heavy atom. The van der Waals surface area contributed by atoms with Crippen LogP contribution in [0.25, 0.3) is 0 Å². The zero-order valence-corrected chi connectivity index (χ0v) is 13.3. The van der Waals surface area contributed by atoms with E-state index in [1.165, 1.54) is 34.9 Å². The summed E-state index contributed by atoms with van der Waals surface area (Å²) in [5.41, 5.74) is 0.728. The van der Waals surface area contributed by atoms with Crippen molar-refractivity contribution in [3.8, 4) is 5.75 Å². The molecule has 0 radical (unpaired) electrons. The first-order chi connectivity index (χ1) is 11.1. The molecule has 2 aromatic carbocycles. The number of thioether (sulfide) groups is 1. The largest absolute Gasteiger partial charge is 0.496 e. The summed E-state index contributed by atoms with van der Waals surface area (Å²) >= 11 is 1.42. The number of hydrogen-bond donors (Lipinski definition) is 0. The second kappa shape index (κ2) is 6.58. The fourth-order valence-electron chi connectivity index (χ4n) is 2.61. The summed E-state index contributed by atoms with van der Waals surface area (Å²) in [5.74, 6) is -0.507. The van der Waals surface area contributed by atoms with Crippen LogP contribution in [-0.4, -0.2) is 23.7 Å². The summed E-state index contributed by atoms with van der Waals surface area (Å²) in [6, 6.07) is 11.1. The van der Waals surface area contributed by atoms with E-state index in [2.05, 4.69) is 0 Å². The summed E-state index contributed by atoms with van der Waals surface area (Å²) in [6.45, 7) is -0.104. The van der Waals surface area contributed by atoms with Gasteiger partial charge in [0.1, 0.15) is 22.8 Å². The minimum absolute atomic E-state index is 0.0942. The van der Waals surface area contributed by atoms with Crippen molar-refractivity contribution in [3.63, 3.8) is 0 Å². The van der Waals surface area contributed by atoms with E-state index in [1.807, 2.05) is 18.2 Å². The number of carbonyl (C=O) groups is 1. The van der Waals surface area contributed by atoms with Gasteiger partial charge in [0, 0.05) is 11.1 Å². The fourth-order valence-corrected chi connectivity index (χ4v) is 3.82. The molecule has 0 aliphatic carbocycles. The van der Waals surface area contributed by atoms with Crippen molar-refractivity contribution in [2.75, 3.05) is 12.9 Å². The Morgan fingerprint density at radius 1 is 1.17 bits per heavy atom. The highest BCUT2D eigenvalue weighted by atomic mass is 32.2. The molecule has 0 bridgehead atoms. The lowest BCUT2D eigenvalue weighted by Gasteiger charge is -2.25. The van der Waals surface area contributed by atoms with Crippen LogP contribution in [0.4, 0.5) is 8.78 Å². The number of amides is 1. The van der Waals surface area contributed by atoms with Gasteiger partial charge in [-0.2, -0.15) is 0 Å². The minimum atomic E-state index is -0.645. The average Bonchev–Trinajstić information content (AvgIpc) is 2.91. The van der Waals surface area contributed by atoms with Gasteiger partial charge >= 0.3 is 0 Å². The Bertz CT molecular complexity index is 718. The van der Waals surface area contributed by atoms with Gasteiger partial charge in [-0.1, -0.05) is 24.3 Å². The lowest BCUT2D eigenvalue weighted by Crippen LogP contribution is -2.28. The van der Waals surface area contributed by atoms with Gasteiger partial charge in [0.2, 0.25) is 5.91 Å². The molecule has 0 spiro atoms. The number of benzene rings is 2. The third kappa shape index (κ3) is 3.03. The monoisotopic (exact) mass is 335 g/mol. The first kappa shape index (κ1) is 15.8. The van der Waals surface area contributed by atoms with Gasteiger partial charge in [0.05, 0.1) is 19.4 Å². The molecule has 1 aliphatic heterocycles. The highest BCUT2D eigenvalue weighted by Gasteiger charge is 2.35. The van der Waals surface area contributed by atoms with Gasteiger partial charge in [-0.25, -0.2) is 8.78 Å². The van der Waals surface area contributed by atoms with E-state index in [1.54, 1.807) is 13.2 Å². The number of rotatable bonds is 4. The highest BCUT2D eigenvalue weighted by Crippen LogP contribution is 2.43. The first-order valence-electron chi connectivity index (χ1n) is 7.08. The summed E-state index contributed by atoms with van der Waals surface area (Å²) < 4.78 is 33.1. The van der Waals surface area contributed by atoms with Crippen molar-refractivity contribution in [2.45, 2.75) is 11.9 Å². The molecule has 120 valence electrons. The van der Waals surface area contributed by atoms with Crippen molar-refractivity contribution in [1.29, 1.82) is 0 Å². The molecule has 0 saturated carbocycles. The van der Waals surface area contributed by atoms with Crippen LogP contribution in [0.5, 0.6) is 5.75 Å². The molecule has 1 atom stereocenters. The van der Waals surface area contributed by atoms with Crippen LogP contribution >= 0.6 is 11.8 Å². The maximum Gasteiger partial charge on any atom is 0.234 e. The first-order valence-corrected chi connectivity index (χ1v) is 8.13. The van der Waals surface area contributed by atoms with Crippen LogP contribution in [0.2, 0.25) is 0 Å². The number of nitrogens with zero attached hydrogens (tertiary/aromatic N) is 1. The smallest absolute Gasteiger partial charge is 0.234 e. The van der Waals surface area contributed by atoms with Gasteiger partial charge in [0.25, 0.3) is 0 Å². The van der Waals surface area contributed by atoms with Crippen LogP contribution in [0.15, 0.2) is 42.5 Å². The molecule has 1 fully saturated rings. The second-order valence-corrected chi connectivity index (χ2v) is 6.20. The van der Waals surface area contributed by atoms with E-state index < -0.39 is 11.6 Å². The van der Waals surface area contributed by atoms with Gasteiger partial charge in [-0.3, -0.25) is 4.79 Å². The van der Waals surface area contributed by atoms with E-state index >= 15 is 0 Å². The van der Waals surface area contributed by atoms with Crippen molar-refractivity contribution in [1.82, 2.24) is 4.90 Å². The predicted octanol–water partition coefficient (Wildman–Crippen LogP) is 3.75. The quantitative estimate of drug-likeness (QED) is 0.852. The molecule has 3 rings (SSSR count). The maximum atomic E-state index is 13.9. The Kier molecular flexibility index (Phi) is 4.52. The number of ether oxygens (including phenoxy) is 1. The Morgan fingerprint density at radius 2 is 1.87 bits per heavy atom. The Hall–Kier alpha value is -2.08. The van der Waals surface area contributed by atoms with Gasteiger partial charge in [0.15, 0.2) is 0 Å². The lowest BCUT2D eigenvalue weighted by molar-refractivity contribution is -0.128. The Balaban J connectivity index is 1.95. The molecule has 1 heterocycles. The number of para-hydroxylation sites is 1. The zero-order valence-electron chi connectivity index (χ0n) is 12.5. The van der Waals surface area contributed by atoms with Crippen molar-refractivity contribution >= 4 is 17.7 Å². The molecule has 3 nitrogen and oxygen atoms in total. The molecular formula is C17H15F2NO2S. The molecule has 0 N–H and O–H groups in total. The third-order valence-corrected chi connectivity index (χ3v) is 5.00. The molecule has 0 aromatic heterocycles. The molecule has 1 aliphatic rings. The number of methoxy groups -OCH3 is 1. The fraction of sp³-hybridized carbons (Fsp3) is 0.235. The standard InChI is InChI=1S/C17H15F2NO2S/c1-22-15-8-3-2-5-11(15)17-20(16(21)10-23-17)9-12-13(18)6-4-7-14(12)19/h2-8,17H,9-10H2,1H3. The molecular weight excluding hydrogens is 320 g/mol. The molecule has 2 aromatic rings. The van der Waals surface area contributed by atoms with Crippen molar-refractivity contribution < 1.29 is 18.3 Å². The van der Waals surface area contributed by atoms with Crippen molar-refractivity contribution in [2.24, 2.45) is 0 Å². The normalized spacial score (nSPS) is 17.6. The molecule has 1 amide bonds. The lowest BCUT2D eigenvalue weighted by atomic mass is 10.1. The SMILES string of the molecule is COc1ccccc1C1SCC(=O)N1Cc1c(F)cccc1F. The van der Waals surface area contributed by atoms with Crippen molar-refractivity contribution in [3.05, 3.63) is 65.2 Å². The van der Waals surface area contributed by atoms with Crippen LogP contribution in [0, 0.1) is 11.6 Å². The van der Waals surface area contributed by atoms with E-state index in [0.717, 1.165) is 5.56 Å². The summed E-state index contributed by atoms with van der Waals surface area (Å²) in [5, 5.41) is -0.322. The number of carbonyl (C=O) groups excluding carboxylic acids is 1. The van der Waals surface area contributed by atoms with Gasteiger partial charge in [-0.15, -0.1) is 11.8 Å². The maximum absolute atomic E-state index is 13.9. The van der Waals surface area contributed by atoms with Crippen LogP contribution < -0.4 is 4.74 Å². The second-order valence-electron chi connectivity index (χ2n) is 5.13. The minimum Gasteiger partial charge on any atom is -0.496 e. The summed E-state index contributed by atoms with van der Waals surface area (Å²) in [7, 11) is 1.56.